The Morgan fingerprint density at radius 3 is 2.94 bits per heavy atom. The zero-order valence-corrected chi connectivity index (χ0v) is 10.2. The van der Waals surface area contributed by atoms with Crippen LogP contribution in [-0.4, -0.2) is 25.7 Å². The van der Waals surface area contributed by atoms with Crippen LogP contribution in [0.5, 0.6) is 0 Å². The fraction of sp³-hybridized carbons (Fsp3) is 0.462. The Kier molecular flexibility index (Phi) is 3.64. The summed E-state index contributed by atoms with van der Waals surface area (Å²) in [6, 6.07) is 5.82. The average molecular weight is 234 g/mol. The predicted molar refractivity (Wildman–Crippen MR) is 68.3 cm³/mol. The van der Waals surface area contributed by atoms with Crippen LogP contribution in [0.2, 0.25) is 0 Å². The number of amides is 1. The Labute approximate surface area is 101 Å². The zero-order chi connectivity index (χ0) is 12.3. The summed E-state index contributed by atoms with van der Waals surface area (Å²) in [6.07, 6.45) is 1.66. The van der Waals surface area contributed by atoms with Crippen molar-refractivity contribution in [2.24, 2.45) is 0 Å². The van der Waals surface area contributed by atoms with Crippen molar-refractivity contribution in [3.8, 4) is 0 Å². The standard InChI is InChI=1S/C13H18N2O2/c1-9-5-6-10-12(8-9)14-11(13(16)15-10)4-3-7-17-2/h5-6,8,11,14H,3-4,7H2,1-2H3,(H,15,16). The first-order chi connectivity index (χ1) is 8.20. The van der Waals surface area contributed by atoms with Crippen LogP contribution in [0.1, 0.15) is 18.4 Å². The largest absolute Gasteiger partial charge is 0.385 e. The lowest BCUT2D eigenvalue weighted by Gasteiger charge is -2.27. The van der Waals surface area contributed by atoms with Crippen LogP contribution in [0.25, 0.3) is 0 Å². The van der Waals surface area contributed by atoms with E-state index in [0.29, 0.717) is 6.61 Å². The molecule has 4 nitrogen and oxygen atoms in total. The van der Waals surface area contributed by atoms with E-state index in [1.54, 1.807) is 7.11 Å². The number of hydrogen-bond donors (Lipinski definition) is 2. The van der Waals surface area contributed by atoms with Crippen LogP contribution >= 0.6 is 0 Å². The molecule has 0 aliphatic carbocycles. The number of hydrogen-bond acceptors (Lipinski definition) is 3. The Bertz CT molecular complexity index is 418. The minimum absolute atomic E-state index is 0.0393. The van der Waals surface area contributed by atoms with Crippen molar-refractivity contribution in [1.82, 2.24) is 0 Å². The first-order valence-electron chi connectivity index (χ1n) is 5.87. The third kappa shape index (κ3) is 2.77. The van der Waals surface area contributed by atoms with E-state index in [1.807, 2.05) is 19.1 Å². The van der Waals surface area contributed by atoms with Gasteiger partial charge in [-0.25, -0.2) is 0 Å². The van der Waals surface area contributed by atoms with Gasteiger partial charge in [0.1, 0.15) is 6.04 Å². The maximum Gasteiger partial charge on any atom is 0.246 e. The molecule has 1 aliphatic heterocycles. The minimum atomic E-state index is -0.153. The van der Waals surface area contributed by atoms with Crippen molar-refractivity contribution in [1.29, 1.82) is 0 Å². The van der Waals surface area contributed by atoms with Crippen molar-refractivity contribution >= 4 is 17.3 Å². The zero-order valence-electron chi connectivity index (χ0n) is 10.2. The van der Waals surface area contributed by atoms with Gasteiger partial charge < -0.3 is 15.4 Å². The van der Waals surface area contributed by atoms with Gasteiger partial charge in [-0.3, -0.25) is 4.79 Å². The first kappa shape index (κ1) is 11.9. The second-order valence-corrected chi connectivity index (χ2v) is 4.37. The van der Waals surface area contributed by atoms with Crippen molar-refractivity contribution in [3.05, 3.63) is 23.8 Å². The van der Waals surface area contributed by atoms with Gasteiger partial charge in [0, 0.05) is 13.7 Å². The molecule has 1 heterocycles. The highest BCUT2D eigenvalue weighted by Crippen LogP contribution is 2.28. The fourth-order valence-corrected chi connectivity index (χ4v) is 1.99. The molecule has 1 unspecified atom stereocenters. The number of benzene rings is 1. The summed E-state index contributed by atoms with van der Waals surface area (Å²) in [4.78, 5) is 11.8. The monoisotopic (exact) mass is 234 g/mol. The van der Waals surface area contributed by atoms with E-state index in [-0.39, 0.29) is 11.9 Å². The maximum absolute atomic E-state index is 11.8. The number of carbonyl (C=O) groups is 1. The van der Waals surface area contributed by atoms with Crippen LogP contribution in [0.15, 0.2) is 18.2 Å². The molecule has 0 radical (unpaired) electrons. The number of methoxy groups -OCH3 is 1. The van der Waals surface area contributed by atoms with E-state index in [1.165, 1.54) is 5.56 Å². The smallest absolute Gasteiger partial charge is 0.246 e. The first-order valence-corrected chi connectivity index (χ1v) is 5.87. The van der Waals surface area contributed by atoms with Gasteiger partial charge in [0.05, 0.1) is 11.4 Å². The van der Waals surface area contributed by atoms with Crippen molar-refractivity contribution < 1.29 is 9.53 Å². The molecule has 0 saturated carbocycles. The molecule has 0 bridgehead atoms. The molecule has 1 aliphatic rings. The topological polar surface area (TPSA) is 50.4 Å². The molecule has 17 heavy (non-hydrogen) atoms. The molecule has 92 valence electrons. The lowest BCUT2D eigenvalue weighted by atomic mass is 10.1. The van der Waals surface area contributed by atoms with Crippen LogP contribution < -0.4 is 10.6 Å². The van der Waals surface area contributed by atoms with E-state index < -0.39 is 0 Å². The fourth-order valence-electron chi connectivity index (χ4n) is 1.99. The highest BCUT2D eigenvalue weighted by atomic mass is 16.5. The Balaban J connectivity index is 2.06. The van der Waals surface area contributed by atoms with Crippen molar-refractivity contribution in [2.45, 2.75) is 25.8 Å². The molecular formula is C13H18N2O2. The Morgan fingerprint density at radius 1 is 1.35 bits per heavy atom. The number of rotatable bonds is 4. The predicted octanol–water partition coefficient (Wildman–Crippen LogP) is 2.15. The van der Waals surface area contributed by atoms with E-state index in [2.05, 4.69) is 16.7 Å². The molecule has 0 aromatic heterocycles. The molecule has 2 rings (SSSR count). The molecule has 0 saturated heterocycles. The van der Waals surface area contributed by atoms with Gasteiger partial charge in [0.15, 0.2) is 0 Å². The van der Waals surface area contributed by atoms with Gasteiger partial charge in [-0.15, -0.1) is 0 Å². The number of carbonyl (C=O) groups excluding carboxylic acids is 1. The van der Waals surface area contributed by atoms with E-state index in [0.717, 1.165) is 24.2 Å². The summed E-state index contributed by atoms with van der Waals surface area (Å²) in [7, 11) is 1.67. The number of ether oxygens (including phenoxy) is 1. The molecule has 1 aromatic rings. The van der Waals surface area contributed by atoms with Crippen LogP contribution in [0.4, 0.5) is 11.4 Å². The molecule has 2 N–H and O–H groups in total. The van der Waals surface area contributed by atoms with Crippen LogP contribution in [0, 0.1) is 6.92 Å². The van der Waals surface area contributed by atoms with Gasteiger partial charge >= 0.3 is 0 Å². The molecule has 1 aromatic carbocycles. The molecule has 1 atom stereocenters. The quantitative estimate of drug-likeness (QED) is 0.785. The molecular weight excluding hydrogens is 216 g/mol. The van der Waals surface area contributed by atoms with E-state index in [9.17, 15) is 4.79 Å². The van der Waals surface area contributed by atoms with Crippen LogP contribution in [-0.2, 0) is 9.53 Å². The molecule has 0 spiro atoms. The molecule has 4 heteroatoms. The van der Waals surface area contributed by atoms with Gasteiger partial charge in [0.25, 0.3) is 0 Å². The Hall–Kier alpha value is -1.55. The summed E-state index contributed by atoms with van der Waals surface area (Å²) in [5, 5.41) is 6.20. The summed E-state index contributed by atoms with van der Waals surface area (Å²) in [5.74, 6) is 0.0393. The van der Waals surface area contributed by atoms with E-state index in [4.69, 9.17) is 4.74 Å². The second kappa shape index (κ2) is 5.19. The van der Waals surface area contributed by atoms with E-state index >= 15 is 0 Å². The number of nitrogens with one attached hydrogen (secondary N) is 2. The van der Waals surface area contributed by atoms with Crippen molar-refractivity contribution in [2.75, 3.05) is 24.4 Å². The van der Waals surface area contributed by atoms with Gasteiger partial charge in [-0.2, -0.15) is 0 Å². The Morgan fingerprint density at radius 2 is 2.18 bits per heavy atom. The second-order valence-electron chi connectivity index (χ2n) is 4.37. The average Bonchev–Trinajstić information content (AvgIpc) is 2.31. The SMILES string of the molecule is COCCCC1Nc2cc(C)ccc2NC1=O. The highest BCUT2D eigenvalue weighted by Gasteiger charge is 2.24. The lowest BCUT2D eigenvalue weighted by molar-refractivity contribution is -0.117. The summed E-state index contributed by atoms with van der Waals surface area (Å²) < 4.78 is 5.00. The number of anilines is 2. The van der Waals surface area contributed by atoms with Gasteiger partial charge in [0.2, 0.25) is 5.91 Å². The molecule has 1 amide bonds. The van der Waals surface area contributed by atoms with Crippen molar-refractivity contribution in [3.63, 3.8) is 0 Å². The summed E-state index contributed by atoms with van der Waals surface area (Å²) >= 11 is 0. The van der Waals surface area contributed by atoms with Crippen LogP contribution in [0.3, 0.4) is 0 Å². The van der Waals surface area contributed by atoms with Gasteiger partial charge in [-0.1, -0.05) is 6.07 Å². The third-order valence-electron chi connectivity index (χ3n) is 2.92. The lowest BCUT2D eigenvalue weighted by Crippen LogP contribution is -2.38. The number of aryl methyl sites for hydroxylation is 1. The third-order valence-corrected chi connectivity index (χ3v) is 2.92. The van der Waals surface area contributed by atoms with Gasteiger partial charge in [-0.05, 0) is 37.5 Å². The maximum atomic E-state index is 11.8. The number of fused-ring (bicyclic) bond motifs is 1. The summed E-state index contributed by atoms with van der Waals surface area (Å²) in [6.45, 7) is 2.73. The summed E-state index contributed by atoms with van der Waals surface area (Å²) in [5.41, 5.74) is 3.05. The minimum Gasteiger partial charge on any atom is -0.385 e. The normalized spacial score (nSPS) is 18.2. The molecule has 0 fully saturated rings. The highest BCUT2D eigenvalue weighted by molar-refractivity contribution is 6.02.